The Morgan fingerprint density at radius 2 is 2.62 bits per heavy atom. The molecule has 1 rings (SSSR count). The summed E-state index contributed by atoms with van der Waals surface area (Å²) in [6.07, 6.45) is 1.64. The first kappa shape index (κ1) is 4.76. The van der Waals surface area contributed by atoms with Crippen LogP contribution in [0.15, 0.2) is 22.6 Å². The molecule has 0 aliphatic heterocycles. The first-order valence-electron chi connectivity index (χ1n) is 2.04. The van der Waals surface area contributed by atoms with Crippen molar-refractivity contribution in [1.29, 1.82) is 0 Å². The molecular formula is C3H5N5. The number of nitrogens with zero attached hydrogens (tertiary/aromatic N) is 3. The third-order valence-corrected chi connectivity index (χ3v) is 0.646. The number of hydrogen-bond donors (Lipinski definition) is 2. The van der Waals surface area contributed by atoms with Gasteiger partial charge in [0, 0.05) is 12.3 Å². The normalized spacial score (nSPS) is 10.5. The summed E-state index contributed by atoms with van der Waals surface area (Å²) in [5.41, 5.74) is 0. The highest BCUT2D eigenvalue weighted by molar-refractivity contribution is 5.20. The molecule has 0 saturated heterocycles. The van der Waals surface area contributed by atoms with E-state index in [9.17, 15) is 0 Å². The van der Waals surface area contributed by atoms with Crippen LogP contribution in [0.1, 0.15) is 0 Å². The molecule has 0 atom stereocenters. The maximum atomic E-state index is 4.72. The molecule has 0 bridgehead atoms. The Balaban J connectivity index is 2.77. The van der Waals surface area contributed by atoms with Crippen LogP contribution in [-0.4, -0.2) is 10.2 Å². The van der Waals surface area contributed by atoms with E-state index in [0.717, 1.165) is 0 Å². The summed E-state index contributed by atoms with van der Waals surface area (Å²) in [6.45, 7) is 0. The molecule has 0 saturated carbocycles. The van der Waals surface area contributed by atoms with Gasteiger partial charge in [0.25, 0.3) is 0 Å². The van der Waals surface area contributed by atoms with Gasteiger partial charge in [-0.05, 0) is 0 Å². The van der Waals surface area contributed by atoms with E-state index in [1.807, 2.05) is 0 Å². The third-order valence-electron chi connectivity index (χ3n) is 0.646. The Labute approximate surface area is 45.6 Å². The summed E-state index contributed by atoms with van der Waals surface area (Å²) < 4.78 is 0. The van der Waals surface area contributed by atoms with E-state index in [2.05, 4.69) is 20.5 Å². The van der Waals surface area contributed by atoms with Crippen LogP contribution in [-0.2, 0) is 0 Å². The summed E-state index contributed by atoms with van der Waals surface area (Å²) in [4.78, 5) is 0. The lowest BCUT2D eigenvalue weighted by Crippen LogP contribution is -1.73. The van der Waals surface area contributed by atoms with Crippen LogP contribution < -0.4 is 5.84 Å². The molecule has 0 amide bonds. The summed E-state index contributed by atoms with van der Waals surface area (Å²) in [7, 11) is 0. The van der Waals surface area contributed by atoms with E-state index in [1.165, 1.54) is 0 Å². The van der Waals surface area contributed by atoms with E-state index >= 15 is 0 Å². The maximum Gasteiger partial charge on any atom is 0.197 e. The number of hydrogen-bond acceptors (Lipinski definition) is 3. The lowest BCUT2D eigenvalue weighted by molar-refractivity contribution is 1.00. The first-order chi connectivity index (χ1) is 3.93. The van der Waals surface area contributed by atoms with Crippen LogP contribution in [0.2, 0.25) is 0 Å². The van der Waals surface area contributed by atoms with Crippen molar-refractivity contribution < 1.29 is 0 Å². The largest absolute Gasteiger partial charge is 0.305 e. The van der Waals surface area contributed by atoms with Gasteiger partial charge in [-0.1, -0.05) is 5.22 Å². The van der Waals surface area contributed by atoms with Crippen LogP contribution in [0, 0.1) is 0 Å². The number of rotatable bonds is 1. The van der Waals surface area contributed by atoms with Crippen molar-refractivity contribution in [2.75, 3.05) is 0 Å². The Hall–Kier alpha value is -1.39. The molecule has 8 heavy (non-hydrogen) atoms. The molecule has 3 N–H and O–H groups in total. The minimum absolute atomic E-state index is 0.493. The van der Waals surface area contributed by atoms with Gasteiger partial charge in [-0.15, -0.1) is 5.11 Å². The minimum atomic E-state index is 0.493. The summed E-state index contributed by atoms with van der Waals surface area (Å²) in [6, 6.07) is 1.66. The Morgan fingerprint density at radius 1 is 1.75 bits per heavy atom. The minimum Gasteiger partial charge on any atom is -0.305 e. The third kappa shape index (κ3) is 0.810. The smallest absolute Gasteiger partial charge is 0.197 e. The molecule has 0 radical (unpaired) electrons. The van der Waals surface area contributed by atoms with Gasteiger partial charge in [-0.3, -0.25) is 5.10 Å². The van der Waals surface area contributed by atoms with E-state index in [1.54, 1.807) is 12.3 Å². The summed E-state index contributed by atoms with van der Waals surface area (Å²) in [5.74, 6) is 5.22. The van der Waals surface area contributed by atoms with E-state index < -0.39 is 0 Å². The molecule has 0 spiro atoms. The zero-order chi connectivity index (χ0) is 5.82. The number of aromatic nitrogens is 2. The highest BCUT2D eigenvalue weighted by Crippen LogP contribution is 2.01. The van der Waals surface area contributed by atoms with E-state index in [4.69, 9.17) is 5.84 Å². The molecule has 5 heteroatoms. The fraction of sp³-hybridized carbons (Fsp3) is 0. The van der Waals surface area contributed by atoms with Crippen molar-refractivity contribution in [3.05, 3.63) is 12.3 Å². The standard InChI is InChI=1S/C3H5N5/c4-8-7-3-1-2-5-6-3/h1-2H,(H3,4,5,6,7). The molecule has 1 aromatic rings. The number of aromatic amines is 1. The van der Waals surface area contributed by atoms with Crippen molar-refractivity contribution >= 4 is 5.82 Å². The zero-order valence-corrected chi connectivity index (χ0v) is 4.07. The van der Waals surface area contributed by atoms with Gasteiger partial charge in [0.2, 0.25) is 0 Å². The van der Waals surface area contributed by atoms with E-state index in [0.29, 0.717) is 5.82 Å². The van der Waals surface area contributed by atoms with Crippen molar-refractivity contribution in [1.82, 2.24) is 10.2 Å². The quantitative estimate of drug-likeness (QED) is 0.312. The zero-order valence-electron chi connectivity index (χ0n) is 4.07. The molecule has 0 aliphatic rings. The fourth-order valence-electron chi connectivity index (χ4n) is 0.367. The predicted octanol–water partition coefficient (Wildman–Crippen LogP) is 0.367. The van der Waals surface area contributed by atoms with Crippen molar-refractivity contribution in [3.63, 3.8) is 0 Å². The summed E-state index contributed by atoms with van der Waals surface area (Å²) >= 11 is 0. The maximum absolute atomic E-state index is 4.72. The topological polar surface area (TPSA) is 79.4 Å². The van der Waals surface area contributed by atoms with Gasteiger partial charge < -0.3 is 5.84 Å². The van der Waals surface area contributed by atoms with Crippen molar-refractivity contribution in [2.24, 2.45) is 16.2 Å². The second-order valence-electron chi connectivity index (χ2n) is 1.15. The number of nitrogens with one attached hydrogen (secondary N) is 1. The molecule has 0 unspecified atom stereocenters. The van der Waals surface area contributed by atoms with Gasteiger partial charge in [0.1, 0.15) is 0 Å². The Bertz CT molecular complexity index is 164. The second-order valence-corrected chi connectivity index (χ2v) is 1.15. The highest BCUT2D eigenvalue weighted by atomic mass is 15.3. The monoisotopic (exact) mass is 111 g/mol. The van der Waals surface area contributed by atoms with Gasteiger partial charge in [-0.2, -0.15) is 5.10 Å². The van der Waals surface area contributed by atoms with Gasteiger partial charge in [0.15, 0.2) is 5.82 Å². The van der Waals surface area contributed by atoms with Crippen LogP contribution in [0.4, 0.5) is 5.82 Å². The SMILES string of the molecule is NN=Nc1cc[nH]n1. The molecular weight excluding hydrogens is 106 g/mol. The van der Waals surface area contributed by atoms with Gasteiger partial charge >= 0.3 is 0 Å². The summed E-state index contributed by atoms with van der Waals surface area (Å²) in [5, 5.41) is 12.6. The van der Waals surface area contributed by atoms with Gasteiger partial charge in [-0.25, -0.2) is 0 Å². The van der Waals surface area contributed by atoms with Crippen LogP contribution >= 0.6 is 0 Å². The Morgan fingerprint density at radius 3 is 3.12 bits per heavy atom. The molecule has 1 heterocycles. The molecule has 42 valence electrons. The number of nitrogens with two attached hydrogens (primary N) is 1. The average Bonchev–Trinajstić information content (AvgIpc) is 2.19. The highest BCUT2D eigenvalue weighted by Gasteiger charge is 1.84. The predicted molar refractivity (Wildman–Crippen MR) is 27.3 cm³/mol. The Kier molecular flexibility index (Phi) is 1.23. The lowest BCUT2D eigenvalue weighted by Gasteiger charge is -1.72. The first-order valence-corrected chi connectivity index (χ1v) is 2.04. The molecule has 5 nitrogen and oxygen atoms in total. The van der Waals surface area contributed by atoms with Crippen LogP contribution in [0.3, 0.4) is 0 Å². The molecule has 0 aliphatic carbocycles. The molecule has 0 fully saturated rings. The van der Waals surface area contributed by atoms with Gasteiger partial charge in [0.05, 0.1) is 0 Å². The molecule has 0 aromatic carbocycles. The van der Waals surface area contributed by atoms with Crippen LogP contribution in [0.25, 0.3) is 0 Å². The fourth-order valence-corrected chi connectivity index (χ4v) is 0.367. The van der Waals surface area contributed by atoms with Crippen molar-refractivity contribution in [2.45, 2.75) is 0 Å². The van der Waals surface area contributed by atoms with Crippen molar-refractivity contribution in [3.8, 4) is 0 Å². The average molecular weight is 111 g/mol. The van der Waals surface area contributed by atoms with Crippen LogP contribution in [0.5, 0.6) is 0 Å². The molecule has 1 aromatic heterocycles. The van der Waals surface area contributed by atoms with E-state index in [-0.39, 0.29) is 0 Å². The number of H-pyrrole nitrogens is 1. The second kappa shape index (κ2) is 2.06. The lowest BCUT2D eigenvalue weighted by atomic mass is 10.7.